The van der Waals surface area contributed by atoms with E-state index in [1.165, 1.54) is 0 Å². The van der Waals surface area contributed by atoms with Crippen molar-refractivity contribution in [3.05, 3.63) is 57.0 Å². The molecule has 1 nitrogen and oxygen atoms in total. The van der Waals surface area contributed by atoms with Gasteiger partial charge in [0, 0.05) is 5.02 Å². The topological polar surface area (TPSA) is 14.1 Å². The first-order valence-corrected chi connectivity index (χ1v) is 6.13. The van der Waals surface area contributed by atoms with E-state index >= 15 is 0 Å². The lowest BCUT2D eigenvalue weighted by Gasteiger charge is -2.09. The molecule has 0 saturated heterocycles. The second-order valence-corrected chi connectivity index (χ2v) is 4.86. The highest BCUT2D eigenvalue weighted by Crippen LogP contribution is 2.34. The van der Waals surface area contributed by atoms with Crippen LogP contribution >= 0.6 is 34.8 Å². The highest BCUT2D eigenvalue weighted by atomic mass is 35.5. The van der Waals surface area contributed by atoms with Crippen molar-refractivity contribution in [1.29, 1.82) is 0 Å². The maximum atomic E-state index is 6.06. The Morgan fingerprint density at radius 1 is 0.941 bits per heavy atom. The van der Waals surface area contributed by atoms with Crippen molar-refractivity contribution in [3.8, 4) is 0 Å². The number of hydrogen-bond acceptors (Lipinski definition) is 0. The number of hydrogen-bond donors (Lipinski definition) is 0. The number of para-hydroxylation sites is 1. The van der Waals surface area contributed by atoms with Crippen LogP contribution in [0.2, 0.25) is 15.1 Å². The van der Waals surface area contributed by atoms with Crippen molar-refractivity contribution in [2.24, 2.45) is 0 Å². The molecule has 2 rings (SSSR count). The SMILES string of the molecule is Cc1cc(Cl)ccc1[N]c1c(Cl)cccc1Cl. The van der Waals surface area contributed by atoms with Crippen LogP contribution in [0.1, 0.15) is 5.56 Å². The Bertz CT molecular complexity index is 532. The molecule has 0 spiro atoms. The molecule has 87 valence electrons. The Labute approximate surface area is 115 Å². The van der Waals surface area contributed by atoms with Gasteiger partial charge in [-0.3, -0.25) is 0 Å². The molecule has 17 heavy (non-hydrogen) atoms. The highest BCUT2D eigenvalue weighted by molar-refractivity contribution is 6.38. The number of aryl methyl sites for hydroxylation is 1. The van der Waals surface area contributed by atoms with Crippen LogP contribution in [0.3, 0.4) is 0 Å². The van der Waals surface area contributed by atoms with E-state index in [0.717, 1.165) is 11.3 Å². The first kappa shape index (κ1) is 12.6. The van der Waals surface area contributed by atoms with E-state index in [1.54, 1.807) is 24.3 Å². The molecule has 0 N–H and O–H groups in total. The van der Waals surface area contributed by atoms with Crippen LogP contribution in [-0.2, 0) is 0 Å². The van der Waals surface area contributed by atoms with Gasteiger partial charge in [-0.2, -0.15) is 0 Å². The largest absolute Gasteiger partial charge is 0.246 e. The number of halogens is 3. The fraction of sp³-hybridized carbons (Fsp3) is 0.0769. The van der Waals surface area contributed by atoms with E-state index in [1.807, 2.05) is 19.1 Å². The van der Waals surface area contributed by atoms with E-state index in [4.69, 9.17) is 34.8 Å². The molecule has 0 heterocycles. The van der Waals surface area contributed by atoms with Gasteiger partial charge in [-0.1, -0.05) is 40.9 Å². The lowest BCUT2D eigenvalue weighted by Crippen LogP contribution is -1.93. The van der Waals surface area contributed by atoms with Gasteiger partial charge in [-0.25, -0.2) is 5.32 Å². The maximum Gasteiger partial charge on any atom is 0.101 e. The Balaban J connectivity index is 2.38. The van der Waals surface area contributed by atoms with Crippen LogP contribution in [0.15, 0.2) is 36.4 Å². The Kier molecular flexibility index (Phi) is 3.82. The average Bonchev–Trinajstić information content (AvgIpc) is 2.26. The van der Waals surface area contributed by atoms with Gasteiger partial charge in [0.05, 0.1) is 15.7 Å². The summed E-state index contributed by atoms with van der Waals surface area (Å²) >= 11 is 18.0. The molecule has 2 aromatic carbocycles. The van der Waals surface area contributed by atoms with Crippen LogP contribution in [0, 0.1) is 6.92 Å². The Morgan fingerprint density at radius 3 is 2.18 bits per heavy atom. The van der Waals surface area contributed by atoms with Crippen LogP contribution in [-0.4, -0.2) is 0 Å². The molecule has 0 unspecified atom stereocenters. The second-order valence-electron chi connectivity index (χ2n) is 3.61. The molecule has 0 atom stereocenters. The first-order chi connectivity index (χ1) is 8.08. The van der Waals surface area contributed by atoms with E-state index in [-0.39, 0.29) is 0 Å². The summed E-state index contributed by atoms with van der Waals surface area (Å²) in [4.78, 5) is 0. The fourth-order valence-corrected chi connectivity index (χ4v) is 2.17. The summed E-state index contributed by atoms with van der Waals surface area (Å²) < 4.78 is 0. The molecule has 0 saturated carbocycles. The molecule has 0 amide bonds. The first-order valence-electron chi connectivity index (χ1n) is 5.00. The maximum absolute atomic E-state index is 6.06. The summed E-state index contributed by atoms with van der Waals surface area (Å²) in [5.41, 5.74) is 2.37. The van der Waals surface area contributed by atoms with Crippen LogP contribution in [0.5, 0.6) is 0 Å². The molecule has 0 aliphatic rings. The van der Waals surface area contributed by atoms with Gasteiger partial charge in [-0.05, 0) is 42.8 Å². The van der Waals surface area contributed by atoms with Crippen LogP contribution in [0.4, 0.5) is 11.4 Å². The summed E-state index contributed by atoms with van der Waals surface area (Å²) in [7, 11) is 0. The zero-order chi connectivity index (χ0) is 12.4. The summed E-state index contributed by atoms with van der Waals surface area (Å²) in [6.07, 6.45) is 0. The van der Waals surface area contributed by atoms with Crippen molar-refractivity contribution < 1.29 is 0 Å². The molecule has 0 aliphatic carbocycles. The van der Waals surface area contributed by atoms with E-state index < -0.39 is 0 Å². The molecule has 0 fully saturated rings. The van der Waals surface area contributed by atoms with E-state index in [0.29, 0.717) is 20.8 Å². The zero-order valence-electron chi connectivity index (χ0n) is 9.05. The third-order valence-electron chi connectivity index (χ3n) is 2.33. The normalized spacial score (nSPS) is 10.4. The van der Waals surface area contributed by atoms with Crippen molar-refractivity contribution in [3.63, 3.8) is 0 Å². The quantitative estimate of drug-likeness (QED) is 0.689. The number of benzene rings is 2. The van der Waals surface area contributed by atoms with E-state index in [2.05, 4.69) is 5.32 Å². The smallest absolute Gasteiger partial charge is 0.101 e. The Hall–Kier alpha value is -0.890. The molecule has 1 radical (unpaired) electrons. The molecule has 0 aliphatic heterocycles. The summed E-state index contributed by atoms with van der Waals surface area (Å²) in [6, 6.07) is 10.8. The highest BCUT2D eigenvalue weighted by Gasteiger charge is 2.09. The average molecular weight is 286 g/mol. The van der Waals surface area contributed by atoms with Gasteiger partial charge < -0.3 is 0 Å². The molecule has 2 aromatic rings. The molecular weight excluding hydrogens is 277 g/mol. The lowest BCUT2D eigenvalue weighted by atomic mass is 10.2. The predicted molar refractivity (Wildman–Crippen MR) is 74.1 cm³/mol. The molecule has 4 heteroatoms. The minimum atomic E-state index is 0.534. The monoisotopic (exact) mass is 284 g/mol. The standard InChI is InChI=1S/C13H9Cl3N/c1-8-7-9(14)5-6-12(8)17-13-10(15)3-2-4-11(13)16/h2-7H,1H3. The number of nitrogens with zero attached hydrogens (tertiary/aromatic N) is 1. The van der Waals surface area contributed by atoms with Crippen molar-refractivity contribution in [2.75, 3.05) is 0 Å². The summed E-state index contributed by atoms with van der Waals surface area (Å²) in [5.74, 6) is 0. The number of rotatable bonds is 2. The Morgan fingerprint density at radius 2 is 1.59 bits per heavy atom. The molecule has 0 aromatic heterocycles. The summed E-state index contributed by atoms with van der Waals surface area (Å²) in [6.45, 7) is 1.94. The van der Waals surface area contributed by atoms with Gasteiger partial charge in [0.2, 0.25) is 0 Å². The second kappa shape index (κ2) is 5.18. The summed E-state index contributed by atoms with van der Waals surface area (Å²) in [5, 5.41) is 6.21. The van der Waals surface area contributed by atoms with Gasteiger partial charge in [0.15, 0.2) is 0 Å². The van der Waals surface area contributed by atoms with Gasteiger partial charge in [-0.15, -0.1) is 0 Å². The minimum Gasteiger partial charge on any atom is -0.246 e. The van der Waals surface area contributed by atoms with Gasteiger partial charge >= 0.3 is 0 Å². The van der Waals surface area contributed by atoms with Crippen LogP contribution < -0.4 is 5.32 Å². The lowest BCUT2D eigenvalue weighted by molar-refractivity contribution is 1.16. The van der Waals surface area contributed by atoms with Crippen molar-refractivity contribution in [2.45, 2.75) is 6.92 Å². The minimum absolute atomic E-state index is 0.534. The van der Waals surface area contributed by atoms with Gasteiger partial charge in [0.25, 0.3) is 0 Å². The third-order valence-corrected chi connectivity index (χ3v) is 3.17. The van der Waals surface area contributed by atoms with Gasteiger partial charge in [0.1, 0.15) is 5.69 Å². The fourth-order valence-electron chi connectivity index (χ4n) is 1.46. The zero-order valence-corrected chi connectivity index (χ0v) is 11.3. The van der Waals surface area contributed by atoms with E-state index in [9.17, 15) is 0 Å². The van der Waals surface area contributed by atoms with Crippen LogP contribution in [0.25, 0.3) is 0 Å². The predicted octanol–water partition coefficient (Wildman–Crippen LogP) is 5.52. The third kappa shape index (κ3) is 2.86. The van der Waals surface area contributed by atoms with Crippen molar-refractivity contribution in [1.82, 2.24) is 5.32 Å². The molecular formula is C13H9Cl3N. The van der Waals surface area contributed by atoms with Crippen molar-refractivity contribution >= 4 is 46.2 Å². The molecule has 0 bridgehead atoms.